The van der Waals surface area contributed by atoms with Gasteiger partial charge in [-0.25, -0.2) is 9.29 Å². The molecule has 7 rings (SSSR count). The number of methoxy groups -OCH3 is 1. The Morgan fingerprint density at radius 1 is 0.936 bits per heavy atom. The Labute approximate surface area is 274 Å². The minimum absolute atomic E-state index is 0.109. The van der Waals surface area contributed by atoms with Crippen molar-refractivity contribution in [3.05, 3.63) is 94.3 Å². The summed E-state index contributed by atoms with van der Waals surface area (Å²) in [4.78, 5) is 70.9. The van der Waals surface area contributed by atoms with Crippen LogP contribution in [-0.4, -0.2) is 41.6 Å². The van der Waals surface area contributed by atoms with Crippen LogP contribution in [-0.2, 0) is 19.2 Å². The molecule has 2 aliphatic carbocycles. The number of halogens is 2. The number of allylic oxidation sites excluding steroid dienone is 2. The van der Waals surface area contributed by atoms with Crippen LogP contribution in [0.1, 0.15) is 48.5 Å². The number of ether oxygens (including phenoxy) is 1. The second kappa shape index (κ2) is 10.9. The fourth-order valence-corrected chi connectivity index (χ4v) is 8.41. The molecule has 4 aliphatic rings. The van der Waals surface area contributed by atoms with E-state index in [1.54, 1.807) is 43.3 Å². The van der Waals surface area contributed by atoms with E-state index >= 15 is 0 Å². The molecule has 240 valence electrons. The van der Waals surface area contributed by atoms with Crippen molar-refractivity contribution >= 4 is 52.4 Å². The molecule has 3 aromatic carbocycles. The van der Waals surface area contributed by atoms with Crippen molar-refractivity contribution in [3.63, 3.8) is 0 Å². The molecule has 2 aliphatic heterocycles. The van der Waals surface area contributed by atoms with E-state index in [-0.39, 0.29) is 46.7 Å². The van der Waals surface area contributed by atoms with Crippen LogP contribution in [0.4, 0.5) is 15.8 Å². The number of phenols is 1. The molecule has 0 radical (unpaired) electrons. The average Bonchev–Trinajstić information content (AvgIpc) is 3.42. The van der Waals surface area contributed by atoms with Crippen LogP contribution in [0.25, 0.3) is 0 Å². The van der Waals surface area contributed by atoms with Crippen molar-refractivity contribution in [2.45, 2.75) is 32.6 Å². The van der Waals surface area contributed by atoms with Gasteiger partial charge in [-0.3, -0.25) is 28.9 Å². The van der Waals surface area contributed by atoms with Gasteiger partial charge in [0.15, 0.2) is 17.3 Å². The monoisotopic (exact) mass is 656 g/mol. The van der Waals surface area contributed by atoms with Gasteiger partial charge in [-0.15, -0.1) is 0 Å². The Morgan fingerprint density at radius 3 is 2.30 bits per heavy atom. The predicted molar refractivity (Wildman–Crippen MR) is 170 cm³/mol. The molecule has 47 heavy (non-hydrogen) atoms. The van der Waals surface area contributed by atoms with Crippen LogP contribution in [0.2, 0.25) is 5.02 Å². The second-order valence-electron chi connectivity index (χ2n) is 12.8. The average molecular weight is 657 g/mol. The van der Waals surface area contributed by atoms with Crippen LogP contribution < -0.4 is 14.5 Å². The van der Waals surface area contributed by atoms with E-state index in [9.17, 15) is 33.5 Å². The van der Waals surface area contributed by atoms with Crippen molar-refractivity contribution in [3.8, 4) is 11.5 Å². The molecule has 0 spiro atoms. The van der Waals surface area contributed by atoms with Gasteiger partial charge in [0, 0.05) is 11.5 Å². The molecule has 3 fully saturated rings. The van der Waals surface area contributed by atoms with E-state index in [2.05, 4.69) is 0 Å². The summed E-state index contributed by atoms with van der Waals surface area (Å²) in [6.45, 7) is 3.15. The van der Waals surface area contributed by atoms with Gasteiger partial charge < -0.3 is 9.84 Å². The zero-order valence-corrected chi connectivity index (χ0v) is 26.5. The lowest BCUT2D eigenvalue weighted by atomic mass is 9.51. The Bertz CT molecular complexity index is 1940. The van der Waals surface area contributed by atoms with Crippen molar-refractivity contribution < 1.29 is 38.2 Å². The number of anilines is 2. The van der Waals surface area contributed by atoms with E-state index in [0.29, 0.717) is 16.8 Å². The molecule has 6 atom stereocenters. The third-order valence-corrected chi connectivity index (χ3v) is 10.8. The molecule has 6 unspecified atom stereocenters. The highest BCUT2D eigenvalue weighted by molar-refractivity contribution is 6.32. The number of fused-ring (bicyclic) bond motifs is 4. The number of imide groups is 2. The fraction of sp³-hybridized carbons (Fsp3) is 0.306. The topological polar surface area (TPSA) is 121 Å². The third kappa shape index (κ3) is 4.37. The highest BCUT2D eigenvalue weighted by Crippen LogP contribution is 2.64. The lowest BCUT2D eigenvalue weighted by molar-refractivity contribution is -0.131. The van der Waals surface area contributed by atoms with Crippen LogP contribution in [0, 0.1) is 34.9 Å². The van der Waals surface area contributed by atoms with Crippen molar-refractivity contribution in [2.75, 3.05) is 16.9 Å². The number of hydrogen-bond acceptors (Lipinski definition) is 7. The van der Waals surface area contributed by atoms with Crippen LogP contribution in [0.3, 0.4) is 0 Å². The number of rotatable bonds is 5. The molecule has 1 saturated carbocycles. The minimum atomic E-state index is -1.34. The molecule has 0 aromatic heterocycles. The van der Waals surface area contributed by atoms with Crippen molar-refractivity contribution in [1.29, 1.82) is 0 Å². The number of benzene rings is 3. The Morgan fingerprint density at radius 2 is 1.64 bits per heavy atom. The van der Waals surface area contributed by atoms with E-state index in [4.69, 9.17) is 16.3 Å². The van der Waals surface area contributed by atoms with Gasteiger partial charge in [0.2, 0.25) is 23.6 Å². The number of hydrogen-bond donors (Lipinski definition) is 1. The Hall–Kier alpha value is -4.83. The van der Waals surface area contributed by atoms with Crippen LogP contribution in [0.15, 0.2) is 72.3 Å². The molecule has 1 N–H and O–H groups in total. The molecule has 0 bridgehead atoms. The van der Waals surface area contributed by atoms with Gasteiger partial charge in [-0.2, -0.15) is 0 Å². The number of amides is 4. The predicted octanol–water partition coefficient (Wildman–Crippen LogP) is 5.83. The summed E-state index contributed by atoms with van der Waals surface area (Å²) in [7, 11) is 1.40. The first kappa shape index (κ1) is 30.8. The van der Waals surface area contributed by atoms with E-state index in [1.165, 1.54) is 32.2 Å². The first-order valence-corrected chi connectivity index (χ1v) is 15.6. The molecule has 2 saturated heterocycles. The lowest BCUT2D eigenvalue weighted by Crippen LogP contribution is -2.48. The molecule has 9 nitrogen and oxygen atoms in total. The maximum Gasteiger partial charge on any atom is 0.241 e. The van der Waals surface area contributed by atoms with Crippen LogP contribution in [0.5, 0.6) is 11.5 Å². The summed E-state index contributed by atoms with van der Waals surface area (Å²) in [5, 5.41) is 10.2. The van der Waals surface area contributed by atoms with Gasteiger partial charge in [-0.05, 0) is 92.8 Å². The van der Waals surface area contributed by atoms with Crippen LogP contribution >= 0.6 is 11.6 Å². The lowest BCUT2D eigenvalue weighted by Gasteiger charge is -2.49. The third-order valence-electron chi connectivity index (χ3n) is 10.5. The van der Waals surface area contributed by atoms with E-state index in [0.717, 1.165) is 21.4 Å². The number of ketones is 1. The zero-order chi connectivity index (χ0) is 33.5. The summed E-state index contributed by atoms with van der Waals surface area (Å²) in [6, 6.07) is 14.7. The number of carbonyl (C=O) groups excluding carboxylic acids is 5. The van der Waals surface area contributed by atoms with Crippen molar-refractivity contribution in [2.24, 2.45) is 29.1 Å². The zero-order valence-electron chi connectivity index (χ0n) is 25.7. The summed E-state index contributed by atoms with van der Waals surface area (Å²) < 4.78 is 19.5. The summed E-state index contributed by atoms with van der Waals surface area (Å²) in [6.07, 6.45) is 2.29. The molecule has 3 aromatic rings. The highest BCUT2D eigenvalue weighted by atomic mass is 35.5. The van der Waals surface area contributed by atoms with Gasteiger partial charge in [0.1, 0.15) is 5.82 Å². The minimum Gasteiger partial charge on any atom is -0.504 e. The summed E-state index contributed by atoms with van der Waals surface area (Å²) >= 11 is 6.06. The largest absolute Gasteiger partial charge is 0.504 e. The van der Waals surface area contributed by atoms with Gasteiger partial charge in [0.05, 0.1) is 46.7 Å². The number of aromatic hydroxyl groups is 1. The number of nitrogens with zero attached hydrogens (tertiary/aromatic N) is 2. The fourth-order valence-electron chi connectivity index (χ4n) is 8.24. The van der Waals surface area contributed by atoms with E-state index in [1.807, 2.05) is 6.08 Å². The van der Waals surface area contributed by atoms with Gasteiger partial charge >= 0.3 is 0 Å². The Balaban J connectivity index is 1.35. The quantitative estimate of drug-likeness (QED) is 0.208. The first-order valence-electron chi connectivity index (χ1n) is 15.3. The number of Topliss-reactive ketones (excluding diaryl/α,β-unsaturated/α-hetero) is 1. The first-order chi connectivity index (χ1) is 22.4. The molecule has 11 heteroatoms. The number of carbonyl (C=O) groups is 5. The normalized spacial score (nSPS) is 28.2. The molecule has 4 amide bonds. The summed E-state index contributed by atoms with van der Waals surface area (Å²) in [5.41, 5.74) is 0.939. The van der Waals surface area contributed by atoms with Crippen molar-refractivity contribution in [1.82, 2.24) is 0 Å². The maximum atomic E-state index is 14.5. The molecular weight excluding hydrogens is 627 g/mol. The van der Waals surface area contributed by atoms with Gasteiger partial charge in [-0.1, -0.05) is 29.3 Å². The SMILES string of the molecule is COc1cc(C2C3=CCC4C(=O)N(c5ccc(C(C)=O)cc5)C(=O)C4C3CC3C(=O)N(c4ccc(F)c(Cl)c4)C(=O)C32C)ccc1O. The van der Waals surface area contributed by atoms with Gasteiger partial charge in [0.25, 0.3) is 0 Å². The highest BCUT2D eigenvalue weighted by Gasteiger charge is 2.67. The Kier molecular flexibility index (Phi) is 7.13. The second-order valence-corrected chi connectivity index (χ2v) is 13.2. The number of phenolic OH excluding ortho intramolecular Hbond substituents is 1. The molecule has 2 heterocycles. The smallest absolute Gasteiger partial charge is 0.241 e. The maximum absolute atomic E-state index is 14.5. The van der Waals surface area contributed by atoms with E-state index < -0.39 is 58.5 Å². The standard InChI is InChI=1S/C36H30ClFN2O7/c1-17(41)18-4-7-20(8-5-18)39-32(43)23-11-10-22-24(30(23)34(39)45)16-25-33(44)40(21-9-12-27(38)26(37)15-21)35(46)36(25,2)31(22)19-6-13-28(42)29(14-19)47-3/h4-10,12-15,23-25,30-31,42H,11,16H2,1-3H3. The summed E-state index contributed by atoms with van der Waals surface area (Å²) in [5.74, 6) is -6.24. The molecular formula is C36H30ClFN2O7.